The van der Waals surface area contributed by atoms with E-state index in [9.17, 15) is 18.8 Å². The van der Waals surface area contributed by atoms with Crippen molar-refractivity contribution in [3.05, 3.63) is 54.2 Å². The molecule has 3 heterocycles. The zero-order chi connectivity index (χ0) is 24.6. The van der Waals surface area contributed by atoms with Crippen LogP contribution in [0.2, 0.25) is 0 Å². The molecule has 0 bridgehead atoms. The standard InChI is InChI=1S/C23H19FN4O7/c1-12-27-28-19(33-12)17-7-6-16(10-18(17)24)34-14-2-4-15(5-3-14)35-23(13-8-9-32-11-13)20(29)25-22(31)26-21(23)30/h2-7,10,13H,8-9,11H2,1H3,(H2,25,26,29,30,31). The molecule has 0 spiro atoms. The number of halogens is 1. The monoisotopic (exact) mass is 482 g/mol. The third kappa shape index (κ3) is 4.19. The first kappa shape index (κ1) is 22.5. The molecule has 1 atom stereocenters. The van der Waals surface area contributed by atoms with Gasteiger partial charge in [-0.3, -0.25) is 20.2 Å². The van der Waals surface area contributed by atoms with Gasteiger partial charge in [-0.15, -0.1) is 10.2 Å². The van der Waals surface area contributed by atoms with Gasteiger partial charge in [-0.25, -0.2) is 9.18 Å². The van der Waals surface area contributed by atoms with Gasteiger partial charge in [-0.1, -0.05) is 0 Å². The van der Waals surface area contributed by atoms with E-state index in [0.29, 0.717) is 24.7 Å². The van der Waals surface area contributed by atoms with Gasteiger partial charge >= 0.3 is 6.03 Å². The molecule has 1 unspecified atom stereocenters. The lowest BCUT2D eigenvalue weighted by molar-refractivity contribution is -0.157. The van der Waals surface area contributed by atoms with Crippen LogP contribution < -0.4 is 20.1 Å². The molecule has 2 N–H and O–H groups in total. The summed E-state index contributed by atoms with van der Waals surface area (Å²) in [6.07, 6.45) is 0.404. The number of hydrogen-bond acceptors (Lipinski definition) is 9. The summed E-state index contributed by atoms with van der Waals surface area (Å²) in [7, 11) is 0. The number of benzene rings is 2. The Morgan fingerprint density at radius 1 is 1.00 bits per heavy atom. The third-order valence-corrected chi connectivity index (χ3v) is 5.67. The highest BCUT2D eigenvalue weighted by atomic mass is 19.1. The van der Waals surface area contributed by atoms with E-state index in [4.69, 9.17) is 18.6 Å². The van der Waals surface area contributed by atoms with Crippen LogP contribution >= 0.6 is 0 Å². The number of urea groups is 1. The zero-order valence-electron chi connectivity index (χ0n) is 18.4. The molecule has 2 aromatic carbocycles. The van der Waals surface area contributed by atoms with Crippen molar-refractivity contribution in [2.75, 3.05) is 13.2 Å². The SMILES string of the molecule is Cc1nnc(-c2ccc(Oc3ccc(OC4(C5CCOC5)C(=O)NC(=O)NC4=O)cc3)cc2F)o1. The van der Waals surface area contributed by atoms with Crippen molar-refractivity contribution in [3.8, 4) is 28.7 Å². The fraction of sp³-hybridized carbons (Fsp3) is 0.261. The number of barbiturate groups is 1. The predicted octanol–water partition coefficient (Wildman–Crippen LogP) is 2.50. The molecule has 0 radical (unpaired) electrons. The number of ether oxygens (including phenoxy) is 3. The number of imide groups is 2. The molecule has 3 aromatic rings. The van der Waals surface area contributed by atoms with Gasteiger partial charge in [-0.05, 0) is 42.8 Å². The van der Waals surface area contributed by atoms with Crippen LogP contribution in [0.15, 0.2) is 46.9 Å². The lowest BCUT2D eigenvalue weighted by atomic mass is 9.83. The maximum atomic E-state index is 14.5. The summed E-state index contributed by atoms with van der Waals surface area (Å²) in [6, 6.07) is 9.34. The van der Waals surface area contributed by atoms with Crippen molar-refractivity contribution in [2.24, 2.45) is 5.92 Å². The number of aromatic nitrogens is 2. The Labute approximate surface area is 197 Å². The molecular weight excluding hydrogens is 463 g/mol. The number of carbonyl (C=O) groups excluding carboxylic acids is 3. The Morgan fingerprint density at radius 2 is 1.69 bits per heavy atom. The summed E-state index contributed by atoms with van der Waals surface area (Å²) in [5, 5.41) is 11.7. The molecule has 12 heteroatoms. The minimum atomic E-state index is -1.96. The summed E-state index contributed by atoms with van der Waals surface area (Å²) < 4.78 is 36.7. The number of amides is 4. The molecular formula is C23H19FN4O7. The largest absolute Gasteiger partial charge is 0.467 e. The minimum Gasteiger partial charge on any atom is -0.467 e. The van der Waals surface area contributed by atoms with Crippen LogP contribution in [0.25, 0.3) is 11.5 Å². The summed E-state index contributed by atoms with van der Waals surface area (Å²) in [4.78, 5) is 37.1. The number of nitrogens with one attached hydrogen (secondary N) is 2. The van der Waals surface area contributed by atoms with Crippen molar-refractivity contribution in [1.82, 2.24) is 20.8 Å². The molecule has 5 rings (SSSR count). The molecule has 4 amide bonds. The summed E-state index contributed by atoms with van der Waals surface area (Å²) in [6.45, 7) is 2.09. The molecule has 11 nitrogen and oxygen atoms in total. The summed E-state index contributed by atoms with van der Waals surface area (Å²) >= 11 is 0. The van der Waals surface area contributed by atoms with Crippen molar-refractivity contribution < 1.29 is 37.4 Å². The quantitative estimate of drug-likeness (QED) is 0.507. The van der Waals surface area contributed by atoms with E-state index in [1.54, 1.807) is 13.0 Å². The molecule has 1 aromatic heterocycles. The summed E-state index contributed by atoms with van der Waals surface area (Å²) in [5.41, 5.74) is -1.82. The predicted molar refractivity (Wildman–Crippen MR) is 115 cm³/mol. The van der Waals surface area contributed by atoms with E-state index in [0.717, 1.165) is 0 Å². The summed E-state index contributed by atoms with van der Waals surface area (Å²) in [5.74, 6) is -1.75. The van der Waals surface area contributed by atoms with E-state index < -0.39 is 35.2 Å². The average Bonchev–Trinajstić information content (AvgIpc) is 3.50. The molecule has 2 fully saturated rings. The van der Waals surface area contributed by atoms with Crippen LogP contribution in [0.5, 0.6) is 17.2 Å². The number of rotatable bonds is 6. The molecule has 2 saturated heterocycles. The Kier molecular flexibility index (Phi) is 5.65. The van der Waals surface area contributed by atoms with E-state index in [1.165, 1.54) is 36.4 Å². The number of nitrogens with zero attached hydrogens (tertiary/aromatic N) is 2. The highest BCUT2D eigenvalue weighted by Gasteiger charge is 2.59. The van der Waals surface area contributed by atoms with Gasteiger partial charge in [0.1, 0.15) is 23.1 Å². The fourth-order valence-electron chi connectivity index (χ4n) is 3.96. The molecule has 2 aliphatic heterocycles. The molecule has 35 heavy (non-hydrogen) atoms. The first-order valence-corrected chi connectivity index (χ1v) is 10.7. The average molecular weight is 482 g/mol. The maximum absolute atomic E-state index is 14.5. The second-order valence-electron chi connectivity index (χ2n) is 7.98. The van der Waals surface area contributed by atoms with Crippen LogP contribution in [0.1, 0.15) is 12.3 Å². The topological polar surface area (TPSA) is 142 Å². The van der Waals surface area contributed by atoms with Crippen LogP contribution in [-0.4, -0.2) is 46.9 Å². The zero-order valence-corrected chi connectivity index (χ0v) is 18.4. The van der Waals surface area contributed by atoms with E-state index in [1.807, 2.05) is 0 Å². The highest BCUT2D eigenvalue weighted by Crippen LogP contribution is 2.35. The van der Waals surface area contributed by atoms with Crippen molar-refractivity contribution in [2.45, 2.75) is 18.9 Å². The molecule has 180 valence electrons. The number of aryl methyl sites for hydroxylation is 1. The second kappa shape index (κ2) is 8.80. The Bertz CT molecular complexity index is 1280. The van der Waals surface area contributed by atoms with Crippen LogP contribution in [0.4, 0.5) is 9.18 Å². The van der Waals surface area contributed by atoms with Gasteiger partial charge in [0.15, 0.2) is 0 Å². The van der Waals surface area contributed by atoms with Crippen molar-refractivity contribution >= 4 is 17.8 Å². The van der Waals surface area contributed by atoms with E-state index in [2.05, 4.69) is 20.8 Å². The molecule has 0 saturated carbocycles. The van der Waals surface area contributed by atoms with E-state index in [-0.39, 0.29) is 29.6 Å². The fourth-order valence-corrected chi connectivity index (χ4v) is 3.96. The first-order chi connectivity index (χ1) is 16.8. The Balaban J connectivity index is 1.34. The lowest BCUT2D eigenvalue weighted by Gasteiger charge is -2.37. The van der Waals surface area contributed by atoms with Crippen LogP contribution in [0.3, 0.4) is 0 Å². The highest BCUT2D eigenvalue weighted by molar-refractivity contribution is 6.22. The maximum Gasteiger partial charge on any atom is 0.328 e. The number of carbonyl (C=O) groups is 3. The first-order valence-electron chi connectivity index (χ1n) is 10.7. The number of hydrogen-bond donors (Lipinski definition) is 2. The van der Waals surface area contributed by atoms with Gasteiger partial charge in [0, 0.05) is 25.5 Å². The smallest absolute Gasteiger partial charge is 0.328 e. The normalized spacial score (nSPS) is 19.3. The van der Waals surface area contributed by atoms with Gasteiger partial charge < -0.3 is 18.6 Å². The van der Waals surface area contributed by atoms with Crippen LogP contribution in [-0.2, 0) is 14.3 Å². The molecule has 2 aliphatic rings. The van der Waals surface area contributed by atoms with Gasteiger partial charge in [0.25, 0.3) is 23.3 Å². The molecule has 0 aliphatic carbocycles. The van der Waals surface area contributed by atoms with Crippen molar-refractivity contribution in [3.63, 3.8) is 0 Å². The van der Waals surface area contributed by atoms with Gasteiger partial charge in [0.05, 0.1) is 12.2 Å². The van der Waals surface area contributed by atoms with Gasteiger partial charge in [-0.2, -0.15) is 0 Å². The Hall–Kier alpha value is -4.32. The van der Waals surface area contributed by atoms with Gasteiger partial charge in [0.2, 0.25) is 5.89 Å². The third-order valence-electron chi connectivity index (χ3n) is 5.67. The Morgan fingerprint density at radius 3 is 2.29 bits per heavy atom. The minimum absolute atomic E-state index is 0.0622. The van der Waals surface area contributed by atoms with E-state index >= 15 is 0 Å². The van der Waals surface area contributed by atoms with Crippen LogP contribution in [0, 0.1) is 18.7 Å². The lowest BCUT2D eigenvalue weighted by Crippen LogP contribution is -2.72. The second-order valence-corrected chi connectivity index (χ2v) is 7.98. The van der Waals surface area contributed by atoms with Crippen molar-refractivity contribution in [1.29, 1.82) is 0 Å².